The highest BCUT2D eigenvalue weighted by Gasteiger charge is 2.53. The van der Waals surface area contributed by atoms with Gasteiger partial charge >= 0.3 is 0 Å². The number of carbonyl (C=O) groups is 2. The third-order valence-corrected chi connectivity index (χ3v) is 7.43. The Hall–Kier alpha value is -3.13. The number of nitrogens with one attached hydrogen (secondary N) is 3. The number of fused-ring (bicyclic) bond motifs is 1. The van der Waals surface area contributed by atoms with Crippen LogP contribution in [0, 0.1) is 17.2 Å². The molecule has 9 heteroatoms. The molecule has 36 heavy (non-hydrogen) atoms. The van der Waals surface area contributed by atoms with E-state index in [4.69, 9.17) is 21.7 Å². The average Bonchev–Trinajstić information content (AvgIpc) is 3.55. The molecule has 4 atom stereocenters. The minimum Gasteiger partial charge on any atom is -0.487 e. The van der Waals surface area contributed by atoms with Crippen molar-refractivity contribution in [3.63, 3.8) is 0 Å². The van der Waals surface area contributed by atoms with Gasteiger partial charge in [0.05, 0.1) is 12.1 Å². The topological polar surface area (TPSA) is 107 Å². The van der Waals surface area contributed by atoms with Crippen LogP contribution in [-0.4, -0.2) is 38.8 Å². The van der Waals surface area contributed by atoms with Crippen molar-refractivity contribution in [2.45, 2.75) is 70.2 Å². The number of rotatable bonds is 5. The summed E-state index contributed by atoms with van der Waals surface area (Å²) in [4.78, 5) is 32.4. The molecule has 1 aromatic heterocycles. The van der Waals surface area contributed by atoms with Gasteiger partial charge < -0.3 is 15.4 Å². The molecule has 2 aliphatic heterocycles. The van der Waals surface area contributed by atoms with Crippen LogP contribution in [0.3, 0.4) is 0 Å². The van der Waals surface area contributed by atoms with Crippen LogP contribution in [-0.2, 0) is 9.59 Å². The monoisotopic (exact) mass is 509 g/mol. The van der Waals surface area contributed by atoms with Crippen LogP contribution < -0.4 is 15.4 Å². The number of ether oxygens (including phenoxy) is 1. The zero-order chi connectivity index (χ0) is 25.8. The van der Waals surface area contributed by atoms with Crippen LogP contribution in [0.2, 0.25) is 5.02 Å². The van der Waals surface area contributed by atoms with Gasteiger partial charge in [-0.15, -0.1) is 0 Å². The van der Waals surface area contributed by atoms with Crippen molar-refractivity contribution >= 4 is 29.4 Å². The van der Waals surface area contributed by atoms with Gasteiger partial charge in [-0.3, -0.25) is 24.9 Å². The van der Waals surface area contributed by atoms with Crippen molar-refractivity contribution in [3.8, 4) is 5.75 Å². The fourth-order valence-corrected chi connectivity index (χ4v) is 5.71. The zero-order valence-corrected chi connectivity index (χ0v) is 21.7. The molecule has 2 aromatic rings. The molecule has 2 fully saturated rings. The lowest BCUT2D eigenvalue weighted by molar-refractivity contribution is -0.133. The number of halogens is 1. The summed E-state index contributed by atoms with van der Waals surface area (Å²) in [6.45, 7) is 7.81. The number of guanidine groups is 1. The molecule has 8 nitrogen and oxygen atoms in total. The number of hydrogen-bond acceptors (Lipinski definition) is 5. The van der Waals surface area contributed by atoms with Crippen LogP contribution in [0.15, 0.2) is 42.7 Å². The average molecular weight is 510 g/mol. The predicted octanol–water partition coefficient (Wildman–Crippen LogP) is 4.37. The SMILES string of the molecule is CC1(C)CC(=O)N([C@H](c2cccnc2)[C@@H]2C[C@H]2C(=O)NC2CC(C)(C)Oc3cc(Cl)ccc32)C(=N)N1. The Morgan fingerprint density at radius 3 is 2.78 bits per heavy atom. The molecule has 1 unspecified atom stereocenters. The molecular formula is C27H32ClN5O3. The predicted molar refractivity (Wildman–Crippen MR) is 137 cm³/mol. The lowest BCUT2D eigenvalue weighted by atomic mass is 9.89. The maximum Gasteiger partial charge on any atom is 0.232 e. The Labute approximate surface area is 216 Å². The molecule has 3 heterocycles. The van der Waals surface area contributed by atoms with Gasteiger partial charge in [-0.25, -0.2) is 0 Å². The second kappa shape index (κ2) is 8.76. The molecule has 1 aliphatic carbocycles. The summed E-state index contributed by atoms with van der Waals surface area (Å²) in [5.74, 6) is 0.188. The molecule has 5 rings (SSSR count). The van der Waals surface area contributed by atoms with Crippen LogP contribution >= 0.6 is 11.6 Å². The standard InChI is InChI=1S/C27H32ClN5O3/c1-26(2)13-22(34)33(25(29)32-26)23(15-6-5-9-30-14-15)18-11-19(18)24(35)31-20-12-27(3,4)36-21-10-16(28)7-8-17(20)21/h5-10,14,18-20,23H,11-13H2,1-4H3,(H2,29,32)(H,31,35)/t18-,19-,20?,23-/m1/s1. The third kappa shape index (κ3) is 4.78. The van der Waals surface area contributed by atoms with Gasteiger partial charge in [0.25, 0.3) is 0 Å². The van der Waals surface area contributed by atoms with E-state index in [1.807, 2.05) is 52.0 Å². The highest BCUT2D eigenvalue weighted by atomic mass is 35.5. The van der Waals surface area contributed by atoms with E-state index in [2.05, 4.69) is 15.6 Å². The molecule has 1 aromatic carbocycles. The van der Waals surface area contributed by atoms with Crippen LogP contribution in [0.4, 0.5) is 0 Å². The Morgan fingerprint density at radius 1 is 1.31 bits per heavy atom. The first kappa shape index (κ1) is 24.6. The summed E-state index contributed by atoms with van der Waals surface area (Å²) in [7, 11) is 0. The summed E-state index contributed by atoms with van der Waals surface area (Å²) in [6, 6.07) is 8.59. The lowest BCUT2D eigenvalue weighted by Gasteiger charge is -2.42. The normalized spacial score (nSPS) is 26.8. The zero-order valence-electron chi connectivity index (χ0n) is 21.0. The largest absolute Gasteiger partial charge is 0.487 e. The van der Waals surface area contributed by atoms with Crippen molar-refractivity contribution < 1.29 is 14.3 Å². The maximum absolute atomic E-state index is 13.5. The first-order valence-corrected chi connectivity index (χ1v) is 12.7. The van der Waals surface area contributed by atoms with Crippen molar-refractivity contribution in [3.05, 3.63) is 58.9 Å². The van der Waals surface area contributed by atoms with E-state index < -0.39 is 17.2 Å². The quantitative estimate of drug-likeness (QED) is 0.555. The molecular weight excluding hydrogens is 478 g/mol. The Kier molecular flexibility index (Phi) is 5.98. The number of pyridine rings is 1. The summed E-state index contributed by atoms with van der Waals surface area (Å²) in [5.41, 5.74) is 0.790. The second-order valence-corrected chi connectivity index (χ2v) is 11.8. The van der Waals surface area contributed by atoms with E-state index >= 15 is 0 Å². The first-order chi connectivity index (χ1) is 16.9. The fraction of sp³-hybridized carbons (Fsp3) is 0.481. The molecule has 190 valence electrons. The van der Waals surface area contributed by atoms with Gasteiger partial charge in [0, 0.05) is 47.3 Å². The molecule has 3 N–H and O–H groups in total. The smallest absolute Gasteiger partial charge is 0.232 e. The Bertz CT molecular complexity index is 1200. The maximum atomic E-state index is 13.5. The van der Waals surface area contributed by atoms with Gasteiger partial charge in [0.15, 0.2) is 5.96 Å². The van der Waals surface area contributed by atoms with E-state index in [1.165, 1.54) is 4.90 Å². The van der Waals surface area contributed by atoms with Crippen molar-refractivity contribution in [1.82, 2.24) is 20.5 Å². The summed E-state index contributed by atoms with van der Waals surface area (Å²) >= 11 is 6.18. The van der Waals surface area contributed by atoms with Crippen molar-refractivity contribution in [2.75, 3.05) is 0 Å². The first-order valence-electron chi connectivity index (χ1n) is 12.3. The lowest BCUT2D eigenvalue weighted by Crippen LogP contribution is -2.60. The number of benzene rings is 1. The number of aromatic nitrogens is 1. The Morgan fingerprint density at radius 2 is 2.08 bits per heavy atom. The molecule has 1 saturated carbocycles. The van der Waals surface area contributed by atoms with Crippen molar-refractivity contribution in [1.29, 1.82) is 5.41 Å². The van der Waals surface area contributed by atoms with E-state index in [0.29, 0.717) is 23.6 Å². The number of hydrogen-bond donors (Lipinski definition) is 3. The van der Waals surface area contributed by atoms with Crippen molar-refractivity contribution in [2.24, 2.45) is 11.8 Å². The Balaban J connectivity index is 1.38. The fourth-order valence-electron chi connectivity index (χ4n) is 5.54. The van der Waals surface area contributed by atoms with Crippen LogP contribution in [0.5, 0.6) is 5.75 Å². The van der Waals surface area contributed by atoms with Gasteiger partial charge in [-0.05, 0) is 63.8 Å². The van der Waals surface area contributed by atoms with Gasteiger partial charge in [-0.1, -0.05) is 23.7 Å². The number of nitrogens with zero attached hydrogens (tertiary/aromatic N) is 2. The van der Waals surface area contributed by atoms with Crippen LogP contribution in [0.25, 0.3) is 0 Å². The molecule has 0 spiro atoms. The van der Waals surface area contributed by atoms with Gasteiger partial charge in [0.1, 0.15) is 11.4 Å². The minimum atomic E-state index is -0.489. The molecule has 0 bridgehead atoms. The minimum absolute atomic E-state index is 0.0539. The summed E-state index contributed by atoms with van der Waals surface area (Å²) < 4.78 is 6.11. The van der Waals surface area contributed by atoms with E-state index in [-0.39, 0.29) is 42.1 Å². The van der Waals surface area contributed by atoms with Gasteiger partial charge in [0.2, 0.25) is 11.8 Å². The number of amides is 2. The second-order valence-electron chi connectivity index (χ2n) is 11.3. The molecule has 3 aliphatic rings. The van der Waals surface area contributed by atoms with Crippen LogP contribution in [0.1, 0.15) is 70.2 Å². The summed E-state index contributed by atoms with van der Waals surface area (Å²) in [6.07, 6.45) is 4.93. The molecule has 2 amide bonds. The van der Waals surface area contributed by atoms with E-state index in [1.54, 1.807) is 18.5 Å². The number of carbonyl (C=O) groups excluding carboxylic acids is 2. The highest BCUT2D eigenvalue weighted by molar-refractivity contribution is 6.30. The third-order valence-electron chi connectivity index (χ3n) is 7.20. The molecule has 1 saturated heterocycles. The van der Waals surface area contributed by atoms with Gasteiger partial charge in [-0.2, -0.15) is 0 Å². The highest BCUT2D eigenvalue weighted by Crippen LogP contribution is 2.51. The van der Waals surface area contributed by atoms with E-state index in [0.717, 1.165) is 11.1 Å². The molecule has 0 radical (unpaired) electrons. The van der Waals surface area contributed by atoms with E-state index in [9.17, 15) is 9.59 Å². The summed E-state index contributed by atoms with van der Waals surface area (Å²) in [5, 5.41) is 15.6.